The van der Waals surface area contributed by atoms with Gasteiger partial charge in [0.2, 0.25) is 5.91 Å². The molecule has 0 saturated carbocycles. The Balaban J connectivity index is 1.42. The van der Waals surface area contributed by atoms with E-state index in [2.05, 4.69) is 15.1 Å². The fraction of sp³-hybridized carbons (Fsp3) is 0.0769. The maximum Gasteiger partial charge on any atom is 0.241 e. The number of hydrogen-bond donors (Lipinski definition) is 0. The normalized spacial score (nSPS) is 10.9. The van der Waals surface area contributed by atoms with Gasteiger partial charge in [-0.15, -0.1) is 0 Å². The lowest BCUT2D eigenvalue weighted by Crippen LogP contribution is -2.27. The molecule has 2 heterocycles. The highest BCUT2D eigenvalue weighted by Gasteiger charge is 2.19. The van der Waals surface area contributed by atoms with Crippen LogP contribution >= 0.6 is 11.8 Å². The van der Waals surface area contributed by atoms with Crippen LogP contribution in [0, 0.1) is 6.92 Å². The molecular formula is C26H21N5OS. The zero-order chi connectivity index (χ0) is 22.6. The number of carbonyl (C=O) groups excluding carboxylic acids is 1. The number of para-hydroxylation sites is 2. The van der Waals surface area contributed by atoms with Gasteiger partial charge in [-0.2, -0.15) is 5.10 Å². The van der Waals surface area contributed by atoms with Crippen molar-refractivity contribution in [2.75, 3.05) is 10.7 Å². The summed E-state index contributed by atoms with van der Waals surface area (Å²) in [6.07, 6.45) is 3.28. The van der Waals surface area contributed by atoms with Crippen molar-refractivity contribution in [1.29, 1.82) is 0 Å². The molecule has 5 rings (SSSR count). The highest BCUT2D eigenvalue weighted by Crippen LogP contribution is 2.29. The van der Waals surface area contributed by atoms with E-state index in [0.29, 0.717) is 5.65 Å². The minimum absolute atomic E-state index is 0.0323. The van der Waals surface area contributed by atoms with Crippen LogP contribution < -0.4 is 4.90 Å². The van der Waals surface area contributed by atoms with Crippen molar-refractivity contribution in [2.45, 2.75) is 11.9 Å². The van der Waals surface area contributed by atoms with E-state index in [0.717, 1.165) is 27.5 Å². The van der Waals surface area contributed by atoms with Crippen LogP contribution in [0.25, 0.3) is 16.7 Å². The van der Waals surface area contributed by atoms with Crippen molar-refractivity contribution < 1.29 is 4.79 Å². The molecule has 0 aliphatic heterocycles. The fourth-order valence-corrected chi connectivity index (χ4v) is 4.41. The van der Waals surface area contributed by atoms with Crippen molar-refractivity contribution in [3.63, 3.8) is 0 Å². The van der Waals surface area contributed by atoms with E-state index < -0.39 is 0 Å². The number of benzene rings is 3. The third-order valence-corrected chi connectivity index (χ3v) is 6.21. The zero-order valence-electron chi connectivity index (χ0n) is 18.0. The molecule has 0 atom stereocenters. The number of carbonyl (C=O) groups is 1. The molecule has 1 amide bonds. The third kappa shape index (κ3) is 4.36. The van der Waals surface area contributed by atoms with E-state index in [-0.39, 0.29) is 11.7 Å². The first-order valence-corrected chi connectivity index (χ1v) is 11.5. The van der Waals surface area contributed by atoms with Gasteiger partial charge >= 0.3 is 0 Å². The first-order valence-electron chi connectivity index (χ1n) is 10.5. The van der Waals surface area contributed by atoms with Gasteiger partial charge in [0.25, 0.3) is 0 Å². The van der Waals surface area contributed by atoms with Gasteiger partial charge in [0.15, 0.2) is 5.65 Å². The minimum atomic E-state index is -0.0323. The fourth-order valence-electron chi connectivity index (χ4n) is 3.60. The Labute approximate surface area is 195 Å². The van der Waals surface area contributed by atoms with Crippen molar-refractivity contribution in [2.24, 2.45) is 0 Å². The molecule has 0 aliphatic rings. The standard InChI is InChI=1S/C26H21N5OS/c1-19-12-14-22(15-13-19)31-25-23(16-29-31)26(28-18-27-25)33-17-24(32)30(20-8-4-2-5-9-20)21-10-6-3-7-11-21/h2-16,18H,17H2,1H3. The van der Waals surface area contributed by atoms with E-state index in [1.165, 1.54) is 23.7 Å². The predicted octanol–water partition coefficient (Wildman–Crippen LogP) is 5.58. The largest absolute Gasteiger partial charge is 0.280 e. The topological polar surface area (TPSA) is 63.9 Å². The average molecular weight is 452 g/mol. The maximum absolute atomic E-state index is 13.4. The summed E-state index contributed by atoms with van der Waals surface area (Å²) < 4.78 is 1.79. The van der Waals surface area contributed by atoms with Crippen LogP contribution in [-0.2, 0) is 4.79 Å². The smallest absolute Gasteiger partial charge is 0.241 e. The number of hydrogen-bond acceptors (Lipinski definition) is 5. The Bertz CT molecular complexity index is 1350. The molecule has 3 aromatic carbocycles. The summed E-state index contributed by atoms with van der Waals surface area (Å²) in [7, 11) is 0. The van der Waals surface area contributed by atoms with Crippen molar-refractivity contribution >= 4 is 40.1 Å². The Kier molecular flexibility index (Phi) is 5.87. The van der Waals surface area contributed by atoms with E-state index in [1.807, 2.05) is 91.9 Å². The number of aryl methyl sites for hydroxylation is 1. The summed E-state index contributed by atoms with van der Waals surface area (Å²) in [5.74, 6) is 0.195. The molecule has 0 radical (unpaired) electrons. The van der Waals surface area contributed by atoms with Gasteiger partial charge in [-0.3, -0.25) is 9.69 Å². The lowest BCUT2D eigenvalue weighted by atomic mass is 10.2. The first kappa shape index (κ1) is 20.9. The molecule has 0 unspecified atom stereocenters. The lowest BCUT2D eigenvalue weighted by molar-refractivity contribution is -0.115. The monoisotopic (exact) mass is 451 g/mol. The summed E-state index contributed by atoms with van der Waals surface area (Å²) in [6, 6.07) is 27.4. The van der Waals surface area contributed by atoms with E-state index in [4.69, 9.17) is 0 Å². The predicted molar refractivity (Wildman–Crippen MR) is 132 cm³/mol. The van der Waals surface area contributed by atoms with Crippen molar-refractivity contribution in [3.8, 4) is 5.69 Å². The Morgan fingerprint density at radius 1 is 0.879 bits per heavy atom. The number of nitrogens with zero attached hydrogens (tertiary/aromatic N) is 5. The molecule has 33 heavy (non-hydrogen) atoms. The number of aromatic nitrogens is 4. The maximum atomic E-state index is 13.4. The van der Waals surface area contributed by atoms with E-state index >= 15 is 0 Å². The second-order valence-electron chi connectivity index (χ2n) is 7.50. The second-order valence-corrected chi connectivity index (χ2v) is 8.46. The molecule has 162 valence electrons. The Morgan fingerprint density at radius 2 is 1.52 bits per heavy atom. The Morgan fingerprint density at radius 3 is 2.15 bits per heavy atom. The summed E-state index contributed by atoms with van der Waals surface area (Å²) in [5.41, 5.74) is 4.48. The van der Waals surface area contributed by atoms with Gasteiger partial charge in [-0.05, 0) is 43.3 Å². The number of anilines is 2. The number of thioether (sulfide) groups is 1. The van der Waals surface area contributed by atoms with Crippen LogP contribution in [0.2, 0.25) is 0 Å². The average Bonchev–Trinajstić information content (AvgIpc) is 3.30. The zero-order valence-corrected chi connectivity index (χ0v) is 18.8. The van der Waals surface area contributed by atoms with Gasteiger partial charge in [0, 0.05) is 11.4 Å². The number of amides is 1. The molecular weight excluding hydrogens is 430 g/mol. The van der Waals surface area contributed by atoms with E-state index in [9.17, 15) is 4.79 Å². The van der Waals surface area contributed by atoms with Crippen molar-refractivity contribution in [1.82, 2.24) is 19.7 Å². The molecule has 0 saturated heterocycles. The first-order chi connectivity index (χ1) is 16.2. The summed E-state index contributed by atoms with van der Waals surface area (Å²) in [5, 5.41) is 6.07. The minimum Gasteiger partial charge on any atom is -0.280 e. The summed E-state index contributed by atoms with van der Waals surface area (Å²) >= 11 is 1.39. The molecule has 7 heteroatoms. The molecule has 6 nitrogen and oxygen atoms in total. The van der Waals surface area contributed by atoms with E-state index in [1.54, 1.807) is 15.8 Å². The molecule has 0 aliphatic carbocycles. The third-order valence-electron chi connectivity index (χ3n) is 5.22. The highest BCUT2D eigenvalue weighted by molar-refractivity contribution is 8.00. The van der Waals surface area contributed by atoms with Gasteiger partial charge in [-0.1, -0.05) is 65.9 Å². The molecule has 0 bridgehead atoms. The molecule has 0 fully saturated rings. The van der Waals surface area contributed by atoms with Crippen LogP contribution in [0.1, 0.15) is 5.56 Å². The van der Waals surface area contributed by atoms with Crippen LogP contribution in [0.4, 0.5) is 11.4 Å². The molecule has 2 aromatic heterocycles. The van der Waals surface area contributed by atoms with Gasteiger partial charge in [-0.25, -0.2) is 14.6 Å². The van der Waals surface area contributed by atoms with Crippen LogP contribution in [0.3, 0.4) is 0 Å². The lowest BCUT2D eigenvalue weighted by Gasteiger charge is -2.23. The molecule has 0 N–H and O–H groups in total. The van der Waals surface area contributed by atoms with Crippen LogP contribution in [-0.4, -0.2) is 31.4 Å². The molecule has 5 aromatic rings. The SMILES string of the molecule is Cc1ccc(-n2ncc3c(SCC(=O)N(c4ccccc4)c4ccccc4)ncnc32)cc1. The van der Waals surface area contributed by atoms with Gasteiger partial charge < -0.3 is 0 Å². The van der Waals surface area contributed by atoms with Crippen LogP contribution in [0.5, 0.6) is 0 Å². The molecule has 0 spiro atoms. The summed E-state index contributed by atoms with van der Waals surface area (Å²) in [4.78, 5) is 24.0. The highest BCUT2D eigenvalue weighted by atomic mass is 32.2. The Hall–Kier alpha value is -3.97. The number of rotatable bonds is 6. The van der Waals surface area contributed by atoms with Gasteiger partial charge in [0.1, 0.15) is 11.4 Å². The second kappa shape index (κ2) is 9.26. The quantitative estimate of drug-likeness (QED) is 0.249. The number of fused-ring (bicyclic) bond motifs is 1. The van der Waals surface area contributed by atoms with Crippen LogP contribution in [0.15, 0.2) is 102 Å². The van der Waals surface area contributed by atoms with Crippen molar-refractivity contribution in [3.05, 3.63) is 103 Å². The van der Waals surface area contributed by atoms with Gasteiger partial charge in [0.05, 0.1) is 23.0 Å². The summed E-state index contributed by atoms with van der Waals surface area (Å²) in [6.45, 7) is 2.05.